The molecule has 0 amide bonds. The van der Waals surface area contributed by atoms with Gasteiger partial charge >= 0.3 is 0 Å². The van der Waals surface area contributed by atoms with Crippen molar-refractivity contribution >= 4 is 5.78 Å². The van der Waals surface area contributed by atoms with Gasteiger partial charge in [0.15, 0.2) is 5.78 Å². The van der Waals surface area contributed by atoms with Crippen LogP contribution in [0.4, 0.5) is 0 Å². The maximum Gasteiger partial charge on any atom is 0.170 e. The summed E-state index contributed by atoms with van der Waals surface area (Å²) >= 11 is 0. The maximum atomic E-state index is 12.5. The molecule has 0 saturated heterocycles. The second-order valence-corrected chi connectivity index (χ2v) is 4.11. The van der Waals surface area contributed by atoms with Gasteiger partial charge < -0.3 is 0 Å². The predicted octanol–water partition coefficient (Wildman–Crippen LogP) is 3.96. The van der Waals surface area contributed by atoms with Crippen molar-refractivity contribution in [3.8, 4) is 0 Å². The molecule has 0 N–H and O–H groups in total. The molecular weight excluding hydrogens is 238 g/mol. The lowest BCUT2D eigenvalue weighted by Crippen LogP contribution is -2.15. The van der Waals surface area contributed by atoms with E-state index in [1.807, 2.05) is 48.5 Å². The molecule has 2 rings (SSSR count). The molecule has 1 atom stereocenters. The summed E-state index contributed by atoms with van der Waals surface area (Å²) in [4.78, 5) is 15.2. The zero-order valence-corrected chi connectivity index (χ0v) is 10.3. The topological polar surface area (TPSA) is 65.8 Å². The number of rotatable bonds is 5. The SMILES string of the molecule is [N-]=[N+]=NC[C@H](C(=O)c1ccccc1)c1ccccc1. The van der Waals surface area contributed by atoms with Crippen LogP contribution >= 0.6 is 0 Å². The highest BCUT2D eigenvalue weighted by Gasteiger charge is 2.20. The molecule has 0 aliphatic rings. The minimum Gasteiger partial charge on any atom is -0.293 e. The van der Waals surface area contributed by atoms with E-state index in [0.29, 0.717) is 5.56 Å². The Morgan fingerprint density at radius 3 is 2.21 bits per heavy atom. The van der Waals surface area contributed by atoms with Crippen molar-refractivity contribution < 1.29 is 4.79 Å². The smallest absolute Gasteiger partial charge is 0.170 e. The van der Waals surface area contributed by atoms with E-state index < -0.39 is 5.92 Å². The van der Waals surface area contributed by atoms with Crippen molar-refractivity contribution in [2.75, 3.05) is 6.54 Å². The second kappa shape index (κ2) is 6.38. The molecule has 0 heterocycles. The van der Waals surface area contributed by atoms with Gasteiger partial charge in [0.25, 0.3) is 0 Å². The Balaban J connectivity index is 2.33. The van der Waals surface area contributed by atoms with E-state index in [9.17, 15) is 4.79 Å². The molecule has 2 aromatic rings. The molecule has 0 aliphatic carbocycles. The van der Waals surface area contributed by atoms with Crippen molar-refractivity contribution in [1.82, 2.24) is 0 Å². The summed E-state index contributed by atoms with van der Waals surface area (Å²) in [5, 5.41) is 3.55. The van der Waals surface area contributed by atoms with Crippen LogP contribution in [0.2, 0.25) is 0 Å². The fourth-order valence-corrected chi connectivity index (χ4v) is 1.95. The minimum absolute atomic E-state index is 0.0285. The van der Waals surface area contributed by atoms with E-state index in [0.717, 1.165) is 5.56 Å². The van der Waals surface area contributed by atoms with E-state index in [1.54, 1.807) is 12.1 Å². The number of carbonyl (C=O) groups is 1. The van der Waals surface area contributed by atoms with E-state index in [1.165, 1.54) is 0 Å². The Labute approximate surface area is 111 Å². The fourth-order valence-electron chi connectivity index (χ4n) is 1.95. The maximum absolute atomic E-state index is 12.5. The Morgan fingerprint density at radius 1 is 1.05 bits per heavy atom. The lowest BCUT2D eigenvalue weighted by molar-refractivity contribution is 0.0962. The highest BCUT2D eigenvalue weighted by molar-refractivity contribution is 6.01. The van der Waals surface area contributed by atoms with Gasteiger partial charge in [0.05, 0.1) is 5.92 Å². The average Bonchev–Trinajstić information content (AvgIpc) is 2.49. The first-order valence-electron chi connectivity index (χ1n) is 5.98. The second-order valence-electron chi connectivity index (χ2n) is 4.11. The first-order valence-corrected chi connectivity index (χ1v) is 5.98. The van der Waals surface area contributed by atoms with Crippen LogP contribution in [0.5, 0.6) is 0 Å². The molecule has 19 heavy (non-hydrogen) atoms. The van der Waals surface area contributed by atoms with Crippen LogP contribution in [-0.4, -0.2) is 12.3 Å². The van der Waals surface area contributed by atoms with E-state index in [-0.39, 0.29) is 12.3 Å². The van der Waals surface area contributed by atoms with Gasteiger partial charge in [0.2, 0.25) is 0 Å². The molecule has 0 spiro atoms. The third-order valence-electron chi connectivity index (χ3n) is 2.90. The lowest BCUT2D eigenvalue weighted by atomic mass is 9.91. The third-order valence-corrected chi connectivity index (χ3v) is 2.90. The Bertz CT molecular complexity index is 589. The van der Waals surface area contributed by atoms with Crippen molar-refractivity contribution in [1.29, 1.82) is 0 Å². The van der Waals surface area contributed by atoms with Gasteiger partial charge in [-0.05, 0) is 11.1 Å². The van der Waals surface area contributed by atoms with E-state index >= 15 is 0 Å². The van der Waals surface area contributed by atoms with Gasteiger partial charge in [-0.3, -0.25) is 4.79 Å². The van der Waals surface area contributed by atoms with E-state index in [2.05, 4.69) is 10.0 Å². The van der Waals surface area contributed by atoms with Gasteiger partial charge in [0.1, 0.15) is 0 Å². The molecule has 0 fully saturated rings. The summed E-state index contributed by atoms with van der Waals surface area (Å²) in [6, 6.07) is 18.4. The molecule has 0 aliphatic heterocycles. The highest BCUT2D eigenvalue weighted by atomic mass is 16.1. The highest BCUT2D eigenvalue weighted by Crippen LogP contribution is 2.21. The van der Waals surface area contributed by atoms with Crippen LogP contribution in [0.15, 0.2) is 65.8 Å². The Hall–Kier alpha value is -2.58. The number of hydrogen-bond acceptors (Lipinski definition) is 2. The third kappa shape index (κ3) is 3.21. The van der Waals surface area contributed by atoms with Gasteiger partial charge in [-0.25, -0.2) is 0 Å². The first kappa shape index (κ1) is 12.9. The molecule has 0 unspecified atom stereocenters. The van der Waals surface area contributed by atoms with Crippen molar-refractivity contribution in [3.05, 3.63) is 82.2 Å². The number of carbonyl (C=O) groups excluding carboxylic acids is 1. The number of Topliss-reactive ketones (excluding diaryl/α,β-unsaturated/α-hetero) is 1. The largest absolute Gasteiger partial charge is 0.293 e. The van der Waals surface area contributed by atoms with E-state index in [4.69, 9.17) is 5.53 Å². The molecule has 4 nitrogen and oxygen atoms in total. The molecule has 0 saturated carbocycles. The normalized spacial score (nSPS) is 11.4. The molecule has 0 aromatic heterocycles. The molecule has 0 radical (unpaired) electrons. The number of azide groups is 1. The Kier molecular flexibility index (Phi) is 4.32. The number of hydrogen-bond donors (Lipinski definition) is 0. The molecule has 2 aromatic carbocycles. The Morgan fingerprint density at radius 2 is 1.63 bits per heavy atom. The quantitative estimate of drug-likeness (QED) is 0.343. The van der Waals surface area contributed by atoms with Gasteiger partial charge in [-0.15, -0.1) is 0 Å². The van der Waals surface area contributed by atoms with Crippen molar-refractivity contribution in [3.63, 3.8) is 0 Å². The van der Waals surface area contributed by atoms with Gasteiger partial charge in [-0.2, -0.15) is 0 Å². The molecular formula is C15H13N3O. The fraction of sp³-hybridized carbons (Fsp3) is 0.133. The van der Waals surface area contributed by atoms with Crippen LogP contribution in [0.1, 0.15) is 21.8 Å². The van der Waals surface area contributed by atoms with Crippen LogP contribution in [0.25, 0.3) is 10.4 Å². The average molecular weight is 251 g/mol. The summed E-state index contributed by atoms with van der Waals surface area (Å²) in [7, 11) is 0. The van der Waals surface area contributed by atoms with Crippen LogP contribution in [0, 0.1) is 0 Å². The van der Waals surface area contributed by atoms with Crippen molar-refractivity contribution in [2.24, 2.45) is 5.11 Å². The first-order chi connectivity index (χ1) is 9.33. The van der Waals surface area contributed by atoms with Gasteiger partial charge in [0, 0.05) is 17.0 Å². The molecule has 4 heteroatoms. The zero-order valence-electron chi connectivity index (χ0n) is 10.3. The van der Waals surface area contributed by atoms with Crippen molar-refractivity contribution in [2.45, 2.75) is 5.92 Å². The van der Waals surface area contributed by atoms with Crippen LogP contribution in [0.3, 0.4) is 0 Å². The summed E-state index contributed by atoms with van der Waals surface area (Å²) in [6.45, 7) is 0.133. The molecule has 94 valence electrons. The van der Waals surface area contributed by atoms with Crippen LogP contribution in [-0.2, 0) is 0 Å². The standard InChI is InChI=1S/C15H13N3O/c16-18-17-11-14(12-7-3-1-4-8-12)15(19)13-9-5-2-6-10-13/h1-10,14H,11H2/t14-/m0/s1. The van der Waals surface area contributed by atoms with Crippen LogP contribution < -0.4 is 0 Å². The summed E-state index contributed by atoms with van der Waals surface area (Å²) in [5.74, 6) is -0.460. The summed E-state index contributed by atoms with van der Waals surface area (Å²) < 4.78 is 0. The number of nitrogens with zero attached hydrogens (tertiary/aromatic N) is 3. The monoisotopic (exact) mass is 251 g/mol. The lowest BCUT2D eigenvalue weighted by Gasteiger charge is -2.13. The molecule has 0 bridgehead atoms. The summed E-state index contributed by atoms with van der Waals surface area (Å²) in [5.41, 5.74) is 9.96. The number of benzene rings is 2. The zero-order chi connectivity index (χ0) is 13.5. The number of ketones is 1. The van der Waals surface area contributed by atoms with Gasteiger partial charge in [-0.1, -0.05) is 65.8 Å². The summed E-state index contributed by atoms with van der Waals surface area (Å²) in [6.07, 6.45) is 0. The predicted molar refractivity (Wildman–Crippen MR) is 74.0 cm³/mol. The minimum atomic E-state index is -0.431.